The summed E-state index contributed by atoms with van der Waals surface area (Å²) >= 11 is 0. The third-order valence-corrected chi connectivity index (χ3v) is 4.18. The van der Waals surface area contributed by atoms with E-state index in [-0.39, 0.29) is 0 Å². The van der Waals surface area contributed by atoms with Gasteiger partial charge in [-0.25, -0.2) is 9.97 Å². The fourth-order valence-corrected chi connectivity index (χ4v) is 3.06. The number of hydrogen-bond acceptors (Lipinski definition) is 4. The topological polar surface area (TPSA) is 72.3 Å². The Kier molecular flexibility index (Phi) is 3.03. The first-order valence-corrected chi connectivity index (χ1v) is 7.64. The summed E-state index contributed by atoms with van der Waals surface area (Å²) in [5.74, 6) is 2.93. The summed E-state index contributed by atoms with van der Waals surface area (Å²) in [6.07, 6.45) is 5.06. The normalized spacial score (nSPS) is 17.5. The van der Waals surface area contributed by atoms with Crippen molar-refractivity contribution in [3.63, 3.8) is 0 Å². The van der Waals surface area contributed by atoms with E-state index in [1.807, 2.05) is 25.1 Å². The van der Waals surface area contributed by atoms with Crippen LogP contribution in [0.1, 0.15) is 30.4 Å². The summed E-state index contributed by atoms with van der Waals surface area (Å²) in [7, 11) is 0. The number of fused-ring (bicyclic) bond motifs is 1. The summed E-state index contributed by atoms with van der Waals surface area (Å²) in [6, 6.07) is 5.77. The van der Waals surface area contributed by atoms with Gasteiger partial charge in [0.05, 0.1) is 0 Å². The zero-order chi connectivity index (χ0) is 15.1. The van der Waals surface area contributed by atoms with Crippen molar-refractivity contribution in [3.05, 3.63) is 41.5 Å². The predicted octanol–water partition coefficient (Wildman–Crippen LogP) is 2.49. The average molecular weight is 294 g/mol. The third-order valence-electron chi connectivity index (χ3n) is 4.18. The average Bonchev–Trinajstić information content (AvgIpc) is 3.11. The van der Waals surface area contributed by atoms with E-state index in [2.05, 4.69) is 32.2 Å². The van der Waals surface area contributed by atoms with Crippen LogP contribution in [0.15, 0.2) is 24.4 Å². The number of aryl methyl sites for hydroxylation is 2. The second-order valence-corrected chi connectivity index (χ2v) is 5.96. The van der Waals surface area contributed by atoms with Gasteiger partial charge >= 0.3 is 0 Å². The zero-order valence-corrected chi connectivity index (χ0v) is 12.7. The van der Waals surface area contributed by atoms with Crippen molar-refractivity contribution in [2.24, 2.45) is 5.92 Å². The molecule has 1 aliphatic carbocycles. The Morgan fingerprint density at radius 1 is 1.32 bits per heavy atom. The summed E-state index contributed by atoms with van der Waals surface area (Å²) in [5, 5.41) is 12.2. The van der Waals surface area contributed by atoms with E-state index >= 15 is 0 Å². The Balaban J connectivity index is 1.86. The molecule has 6 nitrogen and oxygen atoms in total. The van der Waals surface area contributed by atoms with Crippen molar-refractivity contribution in [2.75, 3.05) is 0 Å². The quantitative estimate of drug-likeness (QED) is 0.788. The van der Waals surface area contributed by atoms with Gasteiger partial charge in [-0.05, 0) is 44.2 Å². The van der Waals surface area contributed by atoms with Gasteiger partial charge in [0.25, 0.3) is 0 Å². The van der Waals surface area contributed by atoms with Crippen LogP contribution in [0.2, 0.25) is 0 Å². The van der Waals surface area contributed by atoms with Crippen LogP contribution >= 0.6 is 0 Å². The maximum atomic E-state index is 4.59. The predicted molar refractivity (Wildman–Crippen MR) is 82.7 cm³/mol. The Morgan fingerprint density at radius 3 is 3.05 bits per heavy atom. The van der Waals surface area contributed by atoms with E-state index in [9.17, 15) is 0 Å². The number of nitrogens with zero attached hydrogens (tertiary/aromatic N) is 5. The van der Waals surface area contributed by atoms with E-state index < -0.39 is 0 Å². The minimum Gasteiger partial charge on any atom is -0.282 e. The van der Waals surface area contributed by atoms with E-state index in [1.165, 1.54) is 17.7 Å². The van der Waals surface area contributed by atoms with Crippen molar-refractivity contribution < 1.29 is 0 Å². The van der Waals surface area contributed by atoms with Crippen LogP contribution in [0.25, 0.3) is 17.3 Å². The maximum absolute atomic E-state index is 4.59. The van der Waals surface area contributed by atoms with Crippen LogP contribution in [0.4, 0.5) is 0 Å². The highest BCUT2D eigenvalue weighted by molar-refractivity contribution is 5.59. The fraction of sp³-hybridized carbons (Fsp3) is 0.375. The highest BCUT2D eigenvalue weighted by Crippen LogP contribution is 2.31. The first-order chi connectivity index (χ1) is 10.7. The van der Waals surface area contributed by atoms with Crippen LogP contribution in [-0.4, -0.2) is 29.9 Å². The summed E-state index contributed by atoms with van der Waals surface area (Å²) < 4.78 is 1.78. The molecule has 0 saturated heterocycles. The second-order valence-electron chi connectivity index (χ2n) is 5.96. The minimum absolute atomic E-state index is 0.677. The van der Waals surface area contributed by atoms with Gasteiger partial charge in [0.15, 0.2) is 11.6 Å². The van der Waals surface area contributed by atoms with E-state index in [4.69, 9.17) is 0 Å². The zero-order valence-electron chi connectivity index (χ0n) is 12.7. The number of pyridine rings is 1. The number of aromatic nitrogens is 6. The molecule has 1 atom stereocenters. The van der Waals surface area contributed by atoms with Crippen LogP contribution in [0, 0.1) is 12.8 Å². The van der Waals surface area contributed by atoms with Gasteiger partial charge in [0.1, 0.15) is 11.5 Å². The molecular weight excluding hydrogens is 276 g/mol. The molecule has 3 heterocycles. The smallest absolute Gasteiger partial charge is 0.185 e. The van der Waals surface area contributed by atoms with Crippen LogP contribution in [0.5, 0.6) is 0 Å². The van der Waals surface area contributed by atoms with Gasteiger partial charge in [0, 0.05) is 17.5 Å². The summed E-state index contributed by atoms with van der Waals surface area (Å²) in [4.78, 5) is 8.97. The molecule has 0 spiro atoms. The molecule has 22 heavy (non-hydrogen) atoms. The first-order valence-electron chi connectivity index (χ1n) is 7.64. The van der Waals surface area contributed by atoms with E-state index in [1.54, 1.807) is 10.9 Å². The van der Waals surface area contributed by atoms with Crippen molar-refractivity contribution in [3.8, 4) is 17.3 Å². The lowest BCUT2D eigenvalue weighted by atomic mass is 9.87. The van der Waals surface area contributed by atoms with Gasteiger partial charge in [0.2, 0.25) is 0 Å². The van der Waals surface area contributed by atoms with Gasteiger partial charge < -0.3 is 0 Å². The molecule has 3 aromatic rings. The summed E-state index contributed by atoms with van der Waals surface area (Å²) in [5.41, 5.74) is 3.43. The lowest BCUT2D eigenvalue weighted by Gasteiger charge is -2.18. The largest absolute Gasteiger partial charge is 0.282 e. The van der Waals surface area contributed by atoms with Gasteiger partial charge in [-0.1, -0.05) is 13.0 Å². The highest BCUT2D eigenvalue weighted by Gasteiger charge is 2.25. The molecule has 0 unspecified atom stereocenters. The van der Waals surface area contributed by atoms with Crippen LogP contribution in [0.3, 0.4) is 0 Å². The number of aromatic amines is 1. The standard InChI is InChI=1S/C16H18N6/c1-10-6-7-13-12(9-10)15(20-19-13)16-18-11(2)21-22(16)14-5-3-4-8-17-14/h3-5,8,10H,6-7,9H2,1-2H3,(H,19,20)/t10-/m1/s1. The highest BCUT2D eigenvalue weighted by atomic mass is 15.4. The van der Waals surface area contributed by atoms with Gasteiger partial charge in [-0.2, -0.15) is 9.78 Å². The Labute approximate surface area is 128 Å². The van der Waals surface area contributed by atoms with Crippen molar-refractivity contribution >= 4 is 0 Å². The lowest BCUT2D eigenvalue weighted by molar-refractivity contribution is 0.498. The summed E-state index contributed by atoms with van der Waals surface area (Å²) in [6.45, 7) is 4.18. The molecule has 0 aliphatic heterocycles. The number of hydrogen-bond donors (Lipinski definition) is 1. The molecule has 112 valence electrons. The third kappa shape index (κ3) is 2.11. The van der Waals surface area contributed by atoms with Gasteiger partial charge in [-0.3, -0.25) is 5.10 Å². The first kappa shape index (κ1) is 13.2. The molecule has 4 rings (SSSR count). The molecule has 0 bridgehead atoms. The lowest BCUT2D eigenvalue weighted by Crippen LogP contribution is -2.11. The van der Waals surface area contributed by atoms with Crippen LogP contribution < -0.4 is 0 Å². The molecule has 1 aliphatic rings. The molecule has 3 aromatic heterocycles. The molecule has 6 heteroatoms. The molecule has 0 radical (unpaired) electrons. The number of rotatable bonds is 2. The number of nitrogens with one attached hydrogen (secondary N) is 1. The molecule has 0 amide bonds. The van der Waals surface area contributed by atoms with E-state index in [0.717, 1.165) is 36.0 Å². The minimum atomic E-state index is 0.677. The fourth-order valence-electron chi connectivity index (χ4n) is 3.06. The van der Waals surface area contributed by atoms with E-state index in [0.29, 0.717) is 5.92 Å². The molecule has 1 N–H and O–H groups in total. The molecule has 0 saturated carbocycles. The molecular formula is C16H18N6. The van der Waals surface area contributed by atoms with Crippen molar-refractivity contribution in [1.82, 2.24) is 29.9 Å². The Morgan fingerprint density at radius 2 is 2.23 bits per heavy atom. The van der Waals surface area contributed by atoms with Gasteiger partial charge in [-0.15, -0.1) is 5.10 Å². The SMILES string of the molecule is Cc1nc(-c2n[nH]c3c2C[C@H](C)CC3)n(-c2ccccn2)n1. The van der Waals surface area contributed by atoms with Crippen LogP contribution in [-0.2, 0) is 12.8 Å². The Hall–Kier alpha value is -2.50. The molecule has 0 fully saturated rings. The maximum Gasteiger partial charge on any atom is 0.185 e. The molecule has 0 aromatic carbocycles. The van der Waals surface area contributed by atoms with Crippen molar-refractivity contribution in [2.45, 2.75) is 33.1 Å². The Bertz CT molecular complexity index is 801. The second kappa shape index (κ2) is 5.05. The number of H-pyrrole nitrogens is 1. The monoisotopic (exact) mass is 294 g/mol. The van der Waals surface area contributed by atoms with Crippen molar-refractivity contribution in [1.29, 1.82) is 0 Å².